The molecular formula is C17H16ClNO4. The van der Waals surface area contributed by atoms with Gasteiger partial charge in [-0.25, -0.2) is 9.78 Å². The quantitative estimate of drug-likeness (QED) is 0.460. The van der Waals surface area contributed by atoms with E-state index < -0.39 is 5.97 Å². The van der Waals surface area contributed by atoms with E-state index >= 15 is 0 Å². The maximum Gasteiger partial charge on any atom is 0.341 e. The van der Waals surface area contributed by atoms with Crippen molar-refractivity contribution in [3.05, 3.63) is 65.0 Å². The summed E-state index contributed by atoms with van der Waals surface area (Å²) in [4.78, 5) is 16.0. The fourth-order valence-corrected chi connectivity index (χ4v) is 2.16. The monoisotopic (exact) mass is 333 g/mol. The van der Waals surface area contributed by atoms with Gasteiger partial charge in [0.25, 0.3) is 0 Å². The Hall–Kier alpha value is -2.53. The molecule has 1 aromatic carbocycles. The van der Waals surface area contributed by atoms with Gasteiger partial charge in [0.15, 0.2) is 0 Å². The number of rotatable bonds is 6. The number of carbonyl (C=O) groups is 1. The second kappa shape index (κ2) is 8.19. The molecule has 2 aromatic rings. The van der Waals surface area contributed by atoms with Crippen LogP contribution < -0.4 is 4.74 Å². The van der Waals surface area contributed by atoms with Crippen molar-refractivity contribution in [1.29, 1.82) is 0 Å². The highest BCUT2D eigenvalue weighted by molar-refractivity contribution is 6.31. The standard InChI is InChI=1S/C17H16ClNO4/c1-21-11-14(17(20)22-2)13-7-4-3-6-12(13)10-23-16-15(18)8-5-9-19-16/h3-9,11H,10H2,1-2H3/b14-11+. The van der Waals surface area contributed by atoms with E-state index in [-0.39, 0.29) is 6.61 Å². The van der Waals surface area contributed by atoms with Crippen molar-refractivity contribution in [3.63, 3.8) is 0 Å². The molecule has 0 atom stereocenters. The van der Waals surface area contributed by atoms with Crippen molar-refractivity contribution < 1.29 is 19.0 Å². The second-order valence-electron chi connectivity index (χ2n) is 4.50. The van der Waals surface area contributed by atoms with E-state index in [1.54, 1.807) is 24.4 Å². The molecule has 0 radical (unpaired) electrons. The minimum absolute atomic E-state index is 0.199. The smallest absolute Gasteiger partial charge is 0.341 e. The highest BCUT2D eigenvalue weighted by Crippen LogP contribution is 2.25. The number of carbonyl (C=O) groups excluding carboxylic acids is 1. The molecule has 0 bridgehead atoms. The number of benzene rings is 1. The third-order valence-electron chi connectivity index (χ3n) is 3.04. The molecule has 0 unspecified atom stereocenters. The second-order valence-corrected chi connectivity index (χ2v) is 4.90. The van der Waals surface area contributed by atoms with Crippen molar-refractivity contribution in [2.45, 2.75) is 6.61 Å². The van der Waals surface area contributed by atoms with Gasteiger partial charge >= 0.3 is 5.97 Å². The Labute approximate surface area is 139 Å². The third-order valence-corrected chi connectivity index (χ3v) is 3.33. The van der Waals surface area contributed by atoms with Crippen molar-refractivity contribution in [3.8, 4) is 5.88 Å². The van der Waals surface area contributed by atoms with Gasteiger partial charge in [-0.05, 0) is 23.3 Å². The third kappa shape index (κ3) is 4.23. The molecular weight excluding hydrogens is 318 g/mol. The van der Waals surface area contributed by atoms with Crippen molar-refractivity contribution in [1.82, 2.24) is 4.98 Å². The Morgan fingerprint density at radius 1 is 1.22 bits per heavy atom. The highest BCUT2D eigenvalue weighted by atomic mass is 35.5. The van der Waals surface area contributed by atoms with E-state index in [2.05, 4.69) is 4.98 Å². The summed E-state index contributed by atoms with van der Waals surface area (Å²) in [6.45, 7) is 0.199. The summed E-state index contributed by atoms with van der Waals surface area (Å²) in [6, 6.07) is 10.7. The van der Waals surface area contributed by atoms with Crippen LogP contribution in [0, 0.1) is 0 Å². The lowest BCUT2D eigenvalue weighted by atomic mass is 10.0. The highest BCUT2D eigenvalue weighted by Gasteiger charge is 2.17. The van der Waals surface area contributed by atoms with Gasteiger partial charge in [-0.2, -0.15) is 0 Å². The number of pyridine rings is 1. The molecule has 0 aliphatic carbocycles. The Balaban J connectivity index is 2.28. The molecule has 0 fully saturated rings. The van der Waals surface area contributed by atoms with Crippen LogP contribution in [0.25, 0.3) is 5.57 Å². The van der Waals surface area contributed by atoms with Crippen LogP contribution in [0.1, 0.15) is 11.1 Å². The van der Waals surface area contributed by atoms with Crippen molar-refractivity contribution >= 4 is 23.1 Å². The van der Waals surface area contributed by atoms with E-state index in [4.69, 9.17) is 25.8 Å². The number of esters is 1. The lowest BCUT2D eigenvalue weighted by Crippen LogP contribution is -2.08. The number of nitrogens with zero attached hydrogens (tertiary/aromatic N) is 1. The number of aromatic nitrogens is 1. The zero-order chi connectivity index (χ0) is 16.7. The number of hydrogen-bond donors (Lipinski definition) is 0. The van der Waals surface area contributed by atoms with Crippen LogP contribution >= 0.6 is 11.6 Å². The van der Waals surface area contributed by atoms with Gasteiger partial charge in [0.1, 0.15) is 17.2 Å². The van der Waals surface area contributed by atoms with Crippen LogP contribution in [0.5, 0.6) is 5.88 Å². The van der Waals surface area contributed by atoms with E-state index in [0.717, 1.165) is 5.56 Å². The van der Waals surface area contributed by atoms with E-state index in [1.165, 1.54) is 20.5 Å². The molecule has 1 aromatic heterocycles. The summed E-state index contributed by atoms with van der Waals surface area (Å²) in [6.07, 6.45) is 2.94. The Morgan fingerprint density at radius 3 is 2.70 bits per heavy atom. The molecule has 0 aliphatic heterocycles. The number of methoxy groups -OCH3 is 2. The zero-order valence-corrected chi connectivity index (χ0v) is 13.5. The average molecular weight is 334 g/mol. The number of hydrogen-bond acceptors (Lipinski definition) is 5. The van der Waals surface area contributed by atoms with Gasteiger partial charge in [0.2, 0.25) is 5.88 Å². The Kier molecular flexibility index (Phi) is 6.00. The molecule has 1 heterocycles. The van der Waals surface area contributed by atoms with Crippen LogP contribution in [-0.2, 0) is 20.9 Å². The molecule has 0 aliphatic rings. The van der Waals surface area contributed by atoms with Crippen molar-refractivity contribution in [2.24, 2.45) is 0 Å². The van der Waals surface area contributed by atoms with Gasteiger partial charge in [0.05, 0.1) is 20.5 Å². The van der Waals surface area contributed by atoms with Gasteiger partial charge in [-0.15, -0.1) is 0 Å². The van der Waals surface area contributed by atoms with Crippen LogP contribution in [0.2, 0.25) is 5.02 Å². The van der Waals surface area contributed by atoms with Crippen molar-refractivity contribution in [2.75, 3.05) is 14.2 Å². The largest absolute Gasteiger partial charge is 0.503 e. The maximum absolute atomic E-state index is 11.9. The molecule has 0 amide bonds. The summed E-state index contributed by atoms with van der Waals surface area (Å²) in [7, 11) is 2.79. The molecule has 0 saturated heterocycles. The van der Waals surface area contributed by atoms with Gasteiger partial charge in [-0.1, -0.05) is 35.9 Å². The first kappa shape index (κ1) is 16.8. The number of halogens is 1. The lowest BCUT2D eigenvalue weighted by Gasteiger charge is -2.12. The van der Waals surface area contributed by atoms with Crippen LogP contribution in [0.4, 0.5) is 0 Å². The maximum atomic E-state index is 11.9. The summed E-state index contributed by atoms with van der Waals surface area (Å²) in [5.74, 6) is -0.158. The molecule has 0 saturated carbocycles. The van der Waals surface area contributed by atoms with Gasteiger partial charge < -0.3 is 14.2 Å². The summed E-state index contributed by atoms with van der Waals surface area (Å²) in [5, 5.41) is 0.422. The molecule has 0 spiro atoms. The fraction of sp³-hybridized carbons (Fsp3) is 0.176. The molecule has 0 N–H and O–H groups in total. The first-order valence-electron chi connectivity index (χ1n) is 6.80. The normalized spacial score (nSPS) is 11.0. The molecule has 120 valence electrons. The topological polar surface area (TPSA) is 57.7 Å². The Morgan fingerprint density at radius 2 is 2.00 bits per heavy atom. The Bertz CT molecular complexity index is 715. The SMILES string of the molecule is CO/C=C(/C(=O)OC)c1ccccc1COc1ncccc1Cl. The summed E-state index contributed by atoms with van der Waals surface area (Å²) < 4.78 is 15.4. The van der Waals surface area contributed by atoms with E-state index in [9.17, 15) is 4.79 Å². The predicted molar refractivity (Wildman–Crippen MR) is 87.0 cm³/mol. The van der Waals surface area contributed by atoms with Crippen LogP contribution in [0.3, 0.4) is 0 Å². The lowest BCUT2D eigenvalue weighted by molar-refractivity contribution is -0.133. The first-order chi connectivity index (χ1) is 11.2. The molecule has 5 nitrogen and oxygen atoms in total. The zero-order valence-electron chi connectivity index (χ0n) is 12.8. The summed E-state index contributed by atoms with van der Waals surface area (Å²) >= 11 is 6.02. The minimum Gasteiger partial charge on any atom is -0.503 e. The molecule has 2 rings (SSSR count). The summed E-state index contributed by atoms with van der Waals surface area (Å²) in [5.41, 5.74) is 1.75. The van der Waals surface area contributed by atoms with Gasteiger partial charge in [0, 0.05) is 6.20 Å². The average Bonchev–Trinajstić information content (AvgIpc) is 2.59. The fourth-order valence-electron chi connectivity index (χ4n) is 1.98. The number of ether oxygens (including phenoxy) is 3. The minimum atomic E-state index is -0.491. The van der Waals surface area contributed by atoms with E-state index in [0.29, 0.717) is 22.0 Å². The van der Waals surface area contributed by atoms with Crippen LogP contribution in [-0.4, -0.2) is 25.2 Å². The molecule has 23 heavy (non-hydrogen) atoms. The molecule has 6 heteroatoms. The van der Waals surface area contributed by atoms with Crippen LogP contribution in [0.15, 0.2) is 48.9 Å². The predicted octanol–water partition coefficient (Wildman–Crippen LogP) is 3.47. The van der Waals surface area contributed by atoms with E-state index in [1.807, 2.05) is 18.2 Å². The first-order valence-corrected chi connectivity index (χ1v) is 7.18. The van der Waals surface area contributed by atoms with Gasteiger partial charge in [-0.3, -0.25) is 0 Å².